The molecule has 26 heavy (non-hydrogen) atoms. The van der Waals surface area contributed by atoms with E-state index in [1.54, 1.807) is 12.1 Å². The van der Waals surface area contributed by atoms with Crippen molar-refractivity contribution in [1.82, 2.24) is 9.78 Å². The van der Waals surface area contributed by atoms with Gasteiger partial charge in [0.25, 0.3) is 0 Å². The van der Waals surface area contributed by atoms with Gasteiger partial charge in [0.15, 0.2) is 0 Å². The number of aromatic nitrogens is 2. The molecule has 1 fully saturated rings. The SMILES string of the molecule is CCCCC[C@]1(O)CCC2=Cc3c(cnn3-c3ccc(F)cc3)C[C@@]21C. The number of fused-ring (bicyclic) bond motifs is 2. The summed E-state index contributed by atoms with van der Waals surface area (Å²) in [6.07, 6.45) is 11.0. The van der Waals surface area contributed by atoms with Crippen LogP contribution in [-0.2, 0) is 6.42 Å². The van der Waals surface area contributed by atoms with Crippen molar-refractivity contribution in [1.29, 1.82) is 0 Å². The van der Waals surface area contributed by atoms with Gasteiger partial charge in [-0.15, -0.1) is 0 Å². The maximum Gasteiger partial charge on any atom is 0.123 e. The van der Waals surface area contributed by atoms with Crippen molar-refractivity contribution >= 4 is 6.08 Å². The molecule has 0 radical (unpaired) electrons. The predicted octanol–water partition coefficient (Wildman–Crippen LogP) is 5.06. The highest BCUT2D eigenvalue weighted by atomic mass is 19.1. The molecule has 4 rings (SSSR count). The quantitative estimate of drug-likeness (QED) is 0.762. The van der Waals surface area contributed by atoms with Crippen molar-refractivity contribution in [3.63, 3.8) is 0 Å². The highest BCUT2D eigenvalue weighted by molar-refractivity contribution is 5.62. The molecule has 1 aromatic carbocycles. The minimum absolute atomic E-state index is 0.204. The van der Waals surface area contributed by atoms with Crippen LogP contribution in [0.3, 0.4) is 0 Å². The van der Waals surface area contributed by atoms with Gasteiger partial charge in [-0.3, -0.25) is 0 Å². The Bertz CT molecular complexity index is 838. The molecule has 0 amide bonds. The van der Waals surface area contributed by atoms with Crippen LogP contribution in [0.1, 0.15) is 63.6 Å². The van der Waals surface area contributed by atoms with Gasteiger partial charge >= 0.3 is 0 Å². The Morgan fingerprint density at radius 1 is 1.23 bits per heavy atom. The molecule has 0 bridgehead atoms. The lowest BCUT2D eigenvalue weighted by Crippen LogP contribution is -2.45. The molecule has 2 atom stereocenters. The van der Waals surface area contributed by atoms with Crippen molar-refractivity contribution in [3.8, 4) is 5.69 Å². The third-order valence-electron chi connectivity index (χ3n) is 6.55. The predicted molar refractivity (Wildman–Crippen MR) is 102 cm³/mol. The maximum atomic E-state index is 13.2. The first-order valence-corrected chi connectivity index (χ1v) is 9.73. The summed E-state index contributed by atoms with van der Waals surface area (Å²) in [5.41, 5.74) is 3.60. The Balaban J connectivity index is 1.68. The van der Waals surface area contributed by atoms with E-state index in [0.29, 0.717) is 0 Å². The van der Waals surface area contributed by atoms with Gasteiger partial charge in [0.05, 0.1) is 23.2 Å². The van der Waals surface area contributed by atoms with Crippen LogP contribution in [0, 0.1) is 11.2 Å². The molecule has 2 aromatic rings. The second kappa shape index (κ2) is 6.34. The molecule has 2 aliphatic carbocycles. The van der Waals surface area contributed by atoms with E-state index < -0.39 is 5.60 Å². The summed E-state index contributed by atoms with van der Waals surface area (Å²) in [5, 5.41) is 16.0. The van der Waals surface area contributed by atoms with E-state index in [4.69, 9.17) is 0 Å². The standard InChI is InChI=1S/C22H27FN2O/c1-3-4-5-11-22(26)12-10-17-13-20-16(14-21(17,22)2)15-24-25(20)19-8-6-18(23)7-9-19/h6-9,13,15,26H,3-5,10-12,14H2,1-2H3/t21-,22-/m0/s1. The Morgan fingerprint density at radius 2 is 2.00 bits per heavy atom. The first kappa shape index (κ1) is 17.5. The van der Waals surface area contributed by atoms with Gasteiger partial charge < -0.3 is 5.11 Å². The molecule has 0 saturated heterocycles. The molecule has 0 unspecified atom stereocenters. The topological polar surface area (TPSA) is 38.1 Å². The lowest BCUT2D eigenvalue weighted by Gasteiger charge is -2.42. The second-order valence-electron chi connectivity index (χ2n) is 8.11. The van der Waals surface area contributed by atoms with E-state index in [1.165, 1.54) is 30.5 Å². The zero-order chi connectivity index (χ0) is 18.4. The van der Waals surface area contributed by atoms with Gasteiger partial charge in [-0.05, 0) is 61.6 Å². The number of rotatable bonds is 5. The molecule has 138 valence electrons. The van der Waals surface area contributed by atoms with Crippen LogP contribution in [0.4, 0.5) is 4.39 Å². The van der Waals surface area contributed by atoms with E-state index >= 15 is 0 Å². The summed E-state index contributed by atoms with van der Waals surface area (Å²) in [5.74, 6) is -0.242. The number of hydrogen-bond acceptors (Lipinski definition) is 2. The monoisotopic (exact) mass is 354 g/mol. The smallest absolute Gasteiger partial charge is 0.123 e. The first-order valence-electron chi connectivity index (χ1n) is 9.73. The van der Waals surface area contributed by atoms with Gasteiger partial charge in [-0.2, -0.15) is 5.10 Å². The summed E-state index contributed by atoms with van der Waals surface area (Å²) >= 11 is 0. The van der Waals surface area contributed by atoms with Gasteiger partial charge in [0, 0.05) is 5.41 Å². The fourth-order valence-corrected chi connectivity index (χ4v) is 4.79. The molecule has 1 N–H and O–H groups in total. The van der Waals surface area contributed by atoms with E-state index in [9.17, 15) is 9.50 Å². The Morgan fingerprint density at radius 3 is 2.73 bits per heavy atom. The zero-order valence-corrected chi connectivity index (χ0v) is 15.6. The molecular weight excluding hydrogens is 327 g/mol. The number of aliphatic hydroxyl groups is 1. The van der Waals surface area contributed by atoms with Crippen LogP contribution in [0.15, 0.2) is 36.0 Å². The van der Waals surface area contributed by atoms with Crippen molar-refractivity contribution < 1.29 is 9.50 Å². The van der Waals surface area contributed by atoms with E-state index in [1.807, 2.05) is 10.9 Å². The summed E-state index contributed by atoms with van der Waals surface area (Å²) in [7, 11) is 0. The lowest BCUT2D eigenvalue weighted by molar-refractivity contribution is -0.0481. The lowest BCUT2D eigenvalue weighted by atomic mass is 9.66. The summed E-state index contributed by atoms with van der Waals surface area (Å²) < 4.78 is 15.1. The summed E-state index contributed by atoms with van der Waals surface area (Å²) in [6, 6.07) is 6.44. The van der Waals surface area contributed by atoms with Gasteiger partial charge in [-0.25, -0.2) is 9.07 Å². The Kier molecular flexibility index (Phi) is 4.26. The van der Waals surface area contributed by atoms with E-state index in [2.05, 4.69) is 25.0 Å². The molecule has 1 saturated carbocycles. The van der Waals surface area contributed by atoms with Crippen LogP contribution >= 0.6 is 0 Å². The molecule has 3 nitrogen and oxygen atoms in total. The fourth-order valence-electron chi connectivity index (χ4n) is 4.79. The van der Waals surface area contributed by atoms with Crippen LogP contribution in [0.2, 0.25) is 0 Å². The van der Waals surface area contributed by atoms with Crippen molar-refractivity contribution in [3.05, 3.63) is 53.1 Å². The van der Waals surface area contributed by atoms with Crippen LogP contribution < -0.4 is 0 Å². The van der Waals surface area contributed by atoms with Crippen molar-refractivity contribution in [2.75, 3.05) is 0 Å². The van der Waals surface area contributed by atoms with Gasteiger partial charge in [-0.1, -0.05) is 38.7 Å². The number of halogens is 1. The Hall–Kier alpha value is -1.94. The van der Waals surface area contributed by atoms with Crippen molar-refractivity contribution in [2.24, 2.45) is 5.41 Å². The largest absolute Gasteiger partial charge is 0.389 e. The molecule has 1 heterocycles. The molecular formula is C22H27FN2O. The average Bonchev–Trinajstić information content (AvgIpc) is 3.13. The molecule has 1 aromatic heterocycles. The molecule has 0 spiro atoms. The molecule has 0 aliphatic heterocycles. The minimum Gasteiger partial charge on any atom is -0.389 e. The fraction of sp³-hybridized carbons (Fsp3) is 0.500. The summed E-state index contributed by atoms with van der Waals surface area (Å²) in [6.45, 7) is 4.42. The van der Waals surface area contributed by atoms with Crippen molar-refractivity contribution in [2.45, 2.75) is 64.4 Å². The number of unbranched alkanes of at least 4 members (excludes halogenated alkanes) is 2. The van der Waals surface area contributed by atoms with E-state index in [-0.39, 0.29) is 11.2 Å². The third kappa shape index (κ3) is 2.62. The summed E-state index contributed by atoms with van der Waals surface area (Å²) in [4.78, 5) is 0. The average molecular weight is 354 g/mol. The van der Waals surface area contributed by atoms with Crippen LogP contribution in [-0.4, -0.2) is 20.5 Å². The number of hydrogen-bond donors (Lipinski definition) is 1. The van der Waals surface area contributed by atoms with Gasteiger partial charge in [0.1, 0.15) is 5.82 Å². The first-order chi connectivity index (χ1) is 12.5. The Labute approximate surface area is 154 Å². The van der Waals surface area contributed by atoms with Crippen LogP contribution in [0.25, 0.3) is 11.8 Å². The second-order valence-corrected chi connectivity index (χ2v) is 8.11. The third-order valence-corrected chi connectivity index (χ3v) is 6.55. The maximum absolute atomic E-state index is 13.2. The molecule has 4 heteroatoms. The highest BCUT2D eigenvalue weighted by Gasteiger charge is 2.54. The van der Waals surface area contributed by atoms with E-state index in [0.717, 1.165) is 49.0 Å². The number of nitrogens with zero attached hydrogens (tertiary/aromatic N) is 2. The normalized spacial score (nSPS) is 27.2. The number of benzene rings is 1. The highest BCUT2D eigenvalue weighted by Crippen LogP contribution is 2.57. The van der Waals surface area contributed by atoms with Gasteiger partial charge in [0.2, 0.25) is 0 Å². The minimum atomic E-state index is -0.621. The molecule has 2 aliphatic rings. The van der Waals surface area contributed by atoms with Crippen LogP contribution in [0.5, 0.6) is 0 Å². The zero-order valence-electron chi connectivity index (χ0n) is 15.6.